The summed E-state index contributed by atoms with van der Waals surface area (Å²) in [5, 5.41) is 3.80. The van der Waals surface area contributed by atoms with E-state index in [-0.39, 0.29) is 0 Å². The van der Waals surface area contributed by atoms with Gasteiger partial charge in [0.25, 0.3) is 0 Å². The molecule has 1 saturated heterocycles. The second-order valence-corrected chi connectivity index (χ2v) is 6.25. The van der Waals surface area contributed by atoms with Crippen LogP contribution in [0.5, 0.6) is 0 Å². The zero-order valence-electron chi connectivity index (χ0n) is 11.3. The molecule has 1 heterocycles. The van der Waals surface area contributed by atoms with Gasteiger partial charge in [-0.15, -0.1) is 0 Å². The van der Waals surface area contributed by atoms with Gasteiger partial charge < -0.3 is 5.32 Å². The van der Waals surface area contributed by atoms with Gasteiger partial charge in [-0.25, -0.2) is 0 Å². The van der Waals surface area contributed by atoms with Gasteiger partial charge in [-0.05, 0) is 43.9 Å². The predicted octanol–water partition coefficient (Wildman–Crippen LogP) is 3.77. The summed E-state index contributed by atoms with van der Waals surface area (Å²) in [4.78, 5) is 0. The standard InChI is InChI=1S/C15H23NS/c1-5-13-8-17-9-14(16-13)15-11(3)6-10(2)7-12(15)4/h6-7,13-14,16H,5,8-9H2,1-4H3. The highest BCUT2D eigenvalue weighted by Crippen LogP contribution is 2.30. The minimum atomic E-state index is 0.541. The summed E-state index contributed by atoms with van der Waals surface area (Å²) in [6.45, 7) is 8.95. The van der Waals surface area contributed by atoms with Crippen LogP contribution < -0.4 is 5.32 Å². The summed E-state index contributed by atoms with van der Waals surface area (Å²) in [6.07, 6.45) is 1.23. The molecular formula is C15H23NS. The fraction of sp³-hybridized carbons (Fsp3) is 0.600. The van der Waals surface area contributed by atoms with Crippen molar-refractivity contribution in [1.29, 1.82) is 0 Å². The van der Waals surface area contributed by atoms with Gasteiger partial charge in [0, 0.05) is 23.6 Å². The SMILES string of the molecule is CCC1CSCC(c2c(C)cc(C)cc2C)N1. The molecule has 94 valence electrons. The van der Waals surface area contributed by atoms with Gasteiger partial charge in [0.2, 0.25) is 0 Å². The smallest absolute Gasteiger partial charge is 0.0419 e. The van der Waals surface area contributed by atoms with E-state index in [0.29, 0.717) is 12.1 Å². The molecule has 1 nitrogen and oxygen atoms in total. The van der Waals surface area contributed by atoms with E-state index in [4.69, 9.17) is 0 Å². The molecule has 1 aromatic rings. The largest absolute Gasteiger partial charge is 0.306 e. The minimum Gasteiger partial charge on any atom is -0.306 e. The maximum Gasteiger partial charge on any atom is 0.0419 e. The van der Waals surface area contributed by atoms with Crippen LogP contribution in [0.1, 0.15) is 41.6 Å². The molecular weight excluding hydrogens is 226 g/mol. The van der Waals surface area contributed by atoms with Crippen LogP contribution in [0, 0.1) is 20.8 Å². The van der Waals surface area contributed by atoms with Crippen LogP contribution in [0.15, 0.2) is 12.1 Å². The highest BCUT2D eigenvalue weighted by Gasteiger charge is 2.23. The van der Waals surface area contributed by atoms with E-state index in [1.54, 1.807) is 0 Å². The monoisotopic (exact) mass is 249 g/mol. The molecule has 0 spiro atoms. The number of hydrogen-bond donors (Lipinski definition) is 1. The molecule has 0 saturated carbocycles. The average molecular weight is 249 g/mol. The third kappa shape index (κ3) is 2.86. The topological polar surface area (TPSA) is 12.0 Å². The normalized spacial score (nSPS) is 24.9. The molecule has 1 aliphatic heterocycles. The number of aryl methyl sites for hydroxylation is 3. The van der Waals surface area contributed by atoms with E-state index < -0.39 is 0 Å². The molecule has 2 rings (SSSR count). The van der Waals surface area contributed by atoms with Crippen molar-refractivity contribution in [2.24, 2.45) is 0 Å². The van der Waals surface area contributed by atoms with Crippen LogP contribution in [-0.4, -0.2) is 17.5 Å². The third-order valence-electron chi connectivity index (χ3n) is 3.62. The second kappa shape index (κ2) is 5.45. The van der Waals surface area contributed by atoms with Crippen LogP contribution in [-0.2, 0) is 0 Å². The van der Waals surface area contributed by atoms with Gasteiger partial charge >= 0.3 is 0 Å². The maximum absolute atomic E-state index is 3.80. The van der Waals surface area contributed by atoms with Gasteiger partial charge in [0.05, 0.1) is 0 Å². The fourth-order valence-electron chi connectivity index (χ4n) is 2.85. The van der Waals surface area contributed by atoms with E-state index in [0.717, 1.165) is 0 Å². The Morgan fingerprint density at radius 1 is 1.18 bits per heavy atom. The van der Waals surface area contributed by atoms with Crippen LogP contribution in [0.4, 0.5) is 0 Å². The zero-order chi connectivity index (χ0) is 12.4. The van der Waals surface area contributed by atoms with Crippen molar-refractivity contribution in [3.63, 3.8) is 0 Å². The first-order chi connectivity index (χ1) is 8.11. The molecule has 2 unspecified atom stereocenters. The van der Waals surface area contributed by atoms with Crippen molar-refractivity contribution in [3.8, 4) is 0 Å². The number of nitrogens with one attached hydrogen (secondary N) is 1. The van der Waals surface area contributed by atoms with Gasteiger partial charge in [0.1, 0.15) is 0 Å². The van der Waals surface area contributed by atoms with Crippen molar-refractivity contribution in [2.75, 3.05) is 11.5 Å². The van der Waals surface area contributed by atoms with Crippen molar-refractivity contribution >= 4 is 11.8 Å². The maximum atomic E-state index is 3.80. The Kier molecular flexibility index (Phi) is 4.16. The number of hydrogen-bond acceptors (Lipinski definition) is 2. The lowest BCUT2D eigenvalue weighted by Crippen LogP contribution is -2.40. The van der Waals surface area contributed by atoms with Crippen LogP contribution >= 0.6 is 11.8 Å². The summed E-state index contributed by atoms with van der Waals surface area (Å²) in [5.74, 6) is 2.47. The fourth-order valence-corrected chi connectivity index (χ4v) is 4.10. The Hall–Kier alpha value is -0.470. The summed E-state index contributed by atoms with van der Waals surface area (Å²) >= 11 is 2.09. The summed E-state index contributed by atoms with van der Waals surface area (Å²) < 4.78 is 0. The van der Waals surface area contributed by atoms with E-state index in [1.165, 1.54) is 40.2 Å². The molecule has 0 bridgehead atoms. The summed E-state index contributed by atoms with van der Waals surface area (Å²) in [6, 6.07) is 5.84. The summed E-state index contributed by atoms with van der Waals surface area (Å²) in [7, 11) is 0. The first-order valence-corrected chi connectivity index (χ1v) is 7.68. The van der Waals surface area contributed by atoms with Gasteiger partial charge in [-0.3, -0.25) is 0 Å². The molecule has 2 atom stereocenters. The zero-order valence-corrected chi connectivity index (χ0v) is 12.2. The van der Waals surface area contributed by atoms with E-state index >= 15 is 0 Å². The van der Waals surface area contributed by atoms with E-state index in [9.17, 15) is 0 Å². The Bertz CT molecular complexity index is 377. The molecule has 1 N–H and O–H groups in total. The first-order valence-electron chi connectivity index (χ1n) is 6.53. The molecule has 0 aliphatic carbocycles. The predicted molar refractivity (Wildman–Crippen MR) is 77.9 cm³/mol. The average Bonchev–Trinajstić information content (AvgIpc) is 2.28. The molecule has 0 radical (unpaired) electrons. The molecule has 0 aromatic heterocycles. The Balaban J connectivity index is 2.27. The molecule has 1 aromatic carbocycles. The van der Waals surface area contributed by atoms with Gasteiger partial charge in [-0.1, -0.05) is 24.6 Å². The van der Waals surface area contributed by atoms with Crippen LogP contribution in [0.25, 0.3) is 0 Å². The Morgan fingerprint density at radius 2 is 1.82 bits per heavy atom. The van der Waals surface area contributed by atoms with E-state index in [1.807, 2.05) is 0 Å². The quantitative estimate of drug-likeness (QED) is 0.856. The lowest BCUT2D eigenvalue weighted by atomic mass is 9.94. The summed E-state index contributed by atoms with van der Waals surface area (Å²) in [5.41, 5.74) is 5.79. The lowest BCUT2D eigenvalue weighted by Gasteiger charge is -2.32. The van der Waals surface area contributed by atoms with Gasteiger partial charge in [0.15, 0.2) is 0 Å². The lowest BCUT2D eigenvalue weighted by molar-refractivity contribution is 0.464. The molecule has 1 aliphatic rings. The number of rotatable bonds is 2. The van der Waals surface area contributed by atoms with Crippen LogP contribution in [0.3, 0.4) is 0 Å². The number of benzene rings is 1. The molecule has 0 amide bonds. The first kappa shape index (κ1) is 13.0. The number of thioether (sulfide) groups is 1. The van der Waals surface area contributed by atoms with E-state index in [2.05, 4.69) is 56.9 Å². The Morgan fingerprint density at radius 3 is 2.41 bits per heavy atom. The second-order valence-electron chi connectivity index (χ2n) is 5.17. The van der Waals surface area contributed by atoms with Crippen molar-refractivity contribution in [1.82, 2.24) is 5.32 Å². The van der Waals surface area contributed by atoms with Crippen molar-refractivity contribution in [3.05, 3.63) is 34.4 Å². The molecule has 2 heteroatoms. The molecule has 1 fully saturated rings. The van der Waals surface area contributed by atoms with Crippen molar-refractivity contribution < 1.29 is 0 Å². The Labute approximate surface area is 109 Å². The molecule has 17 heavy (non-hydrogen) atoms. The highest BCUT2D eigenvalue weighted by atomic mass is 32.2. The minimum absolute atomic E-state index is 0.541. The van der Waals surface area contributed by atoms with Crippen LogP contribution in [0.2, 0.25) is 0 Å². The third-order valence-corrected chi connectivity index (χ3v) is 4.83. The highest BCUT2D eigenvalue weighted by molar-refractivity contribution is 7.99. The van der Waals surface area contributed by atoms with Gasteiger partial charge in [-0.2, -0.15) is 11.8 Å². The van der Waals surface area contributed by atoms with Crippen molar-refractivity contribution in [2.45, 2.75) is 46.2 Å².